The van der Waals surface area contributed by atoms with Gasteiger partial charge in [0.05, 0.1) is 6.04 Å². The Hall–Kier alpha value is -0.450. The van der Waals surface area contributed by atoms with Crippen molar-refractivity contribution in [1.29, 1.82) is 0 Å². The number of thiazole rings is 1. The Kier molecular flexibility index (Phi) is 5.37. The molecule has 1 aliphatic rings. The number of hydrogen-bond donors (Lipinski definition) is 2. The van der Waals surface area contributed by atoms with Crippen LogP contribution in [0.5, 0.6) is 0 Å². The summed E-state index contributed by atoms with van der Waals surface area (Å²) in [6.07, 6.45) is 5.25. The van der Waals surface area contributed by atoms with Gasteiger partial charge >= 0.3 is 0 Å². The molecule has 0 aromatic carbocycles. The lowest BCUT2D eigenvalue weighted by atomic mass is 9.77. The van der Waals surface area contributed by atoms with Gasteiger partial charge in [-0.25, -0.2) is 4.98 Å². The molecule has 0 saturated carbocycles. The third kappa shape index (κ3) is 4.01. The molecule has 2 N–H and O–H groups in total. The molecular weight excluding hydrogens is 254 g/mol. The quantitative estimate of drug-likeness (QED) is 0.840. The molecule has 0 aliphatic carbocycles. The summed E-state index contributed by atoms with van der Waals surface area (Å²) in [6, 6.07) is 0.370. The summed E-state index contributed by atoms with van der Waals surface area (Å²) in [4.78, 5) is 4.58. The molecule has 1 saturated heterocycles. The summed E-state index contributed by atoms with van der Waals surface area (Å²) in [6.45, 7) is 10.0. The first-order valence-electron chi connectivity index (χ1n) is 7.51. The van der Waals surface area contributed by atoms with E-state index in [1.807, 2.05) is 0 Å². The van der Waals surface area contributed by atoms with Crippen molar-refractivity contribution in [2.45, 2.75) is 52.5 Å². The van der Waals surface area contributed by atoms with Crippen LogP contribution in [0.1, 0.15) is 56.3 Å². The van der Waals surface area contributed by atoms with E-state index in [1.54, 1.807) is 11.3 Å². The Morgan fingerprint density at radius 1 is 1.58 bits per heavy atom. The summed E-state index contributed by atoms with van der Waals surface area (Å²) in [7, 11) is 0. The lowest BCUT2D eigenvalue weighted by molar-refractivity contribution is 0.177. The molecule has 0 radical (unpaired) electrons. The molecule has 0 bridgehead atoms. The van der Waals surface area contributed by atoms with Crippen molar-refractivity contribution in [3.05, 3.63) is 16.1 Å². The van der Waals surface area contributed by atoms with Gasteiger partial charge in [0.15, 0.2) is 0 Å². The summed E-state index contributed by atoms with van der Waals surface area (Å²) in [5, 5.41) is 10.6. The van der Waals surface area contributed by atoms with E-state index in [2.05, 4.69) is 41.8 Å². The zero-order valence-corrected chi connectivity index (χ0v) is 13.3. The van der Waals surface area contributed by atoms with Gasteiger partial charge in [-0.05, 0) is 45.1 Å². The van der Waals surface area contributed by atoms with Crippen LogP contribution in [0.3, 0.4) is 0 Å². The van der Waals surface area contributed by atoms with E-state index in [9.17, 15) is 0 Å². The van der Waals surface area contributed by atoms with Crippen LogP contribution in [0.25, 0.3) is 0 Å². The maximum absolute atomic E-state index is 4.58. The zero-order valence-electron chi connectivity index (χ0n) is 12.5. The van der Waals surface area contributed by atoms with Gasteiger partial charge in [-0.1, -0.05) is 13.3 Å². The maximum atomic E-state index is 4.58. The fraction of sp³-hybridized carbons (Fsp3) is 0.800. The Morgan fingerprint density at radius 2 is 2.42 bits per heavy atom. The predicted molar refractivity (Wildman–Crippen MR) is 82.7 cm³/mol. The van der Waals surface area contributed by atoms with Crippen LogP contribution in [0.2, 0.25) is 0 Å². The number of rotatable bonds is 6. The van der Waals surface area contributed by atoms with Crippen LogP contribution >= 0.6 is 11.3 Å². The van der Waals surface area contributed by atoms with Gasteiger partial charge in [0.2, 0.25) is 0 Å². The Bertz CT molecular complexity index is 377. The molecule has 1 aromatic rings. The second-order valence-electron chi connectivity index (χ2n) is 5.96. The fourth-order valence-electron chi connectivity index (χ4n) is 3.04. The molecule has 2 heterocycles. The van der Waals surface area contributed by atoms with Gasteiger partial charge in [-0.2, -0.15) is 0 Å². The molecule has 4 heteroatoms. The molecule has 2 rings (SSSR count). The Morgan fingerprint density at radius 3 is 3.00 bits per heavy atom. The van der Waals surface area contributed by atoms with Crippen LogP contribution < -0.4 is 10.6 Å². The first-order valence-corrected chi connectivity index (χ1v) is 8.39. The molecule has 0 amide bonds. The highest BCUT2D eigenvalue weighted by Crippen LogP contribution is 2.31. The molecule has 2 atom stereocenters. The van der Waals surface area contributed by atoms with Crippen molar-refractivity contribution in [2.24, 2.45) is 5.41 Å². The van der Waals surface area contributed by atoms with E-state index in [0.29, 0.717) is 11.5 Å². The monoisotopic (exact) mass is 281 g/mol. The third-order valence-electron chi connectivity index (χ3n) is 4.13. The SMILES string of the molecule is CCCC1(CNC(C)c2nc(C)cs2)CCCNC1. The van der Waals surface area contributed by atoms with E-state index in [-0.39, 0.29) is 0 Å². The van der Waals surface area contributed by atoms with Gasteiger partial charge < -0.3 is 10.6 Å². The number of aryl methyl sites for hydroxylation is 1. The molecule has 3 nitrogen and oxygen atoms in total. The minimum absolute atomic E-state index is 0.370. The van der Waals surface area contributed by atoms with Gasteiger partial charge in [-0.3, -0.25) is 0 Å². The van der Waals surface area contributed by atoms with Crippen LogP contribution in [0.15, 0.2) is 5.38 Å². The molecule has 1 fully saturated rings. The largest absolute Gasteiger partial charge is 0.316 e. The molecule has 1 aliphatic heterocycles. The minimum Gasteiger partial charge on any atom is -0.316 e. The normalized spacial score (nSPS) is 25.4. The van der Waals surface area contributed by atoms with Crippen LogP contribution in [-0.4, -0.2) is 24.6 Å². The molecule has 19 heavy (non-hydrogen) atoms. The highest BCUT2D eigenvalue weighted by molar-refractivity contribution is 7.09. The molecular formula is C15H27N3S. The van der Waals surface area contributed by atoms with Gasteiger partial charge in [0, 0.05) is 24.2 Å². The average Bonchev–Trinajstić information content (AvgIpc) is 2.84. The minimum atomic E-state index is 0.370. The Balaban J connectivity index is 1.91. The number of nitrogens with zero attached hydrogens (tertiary/aromatic N) is 1. The van der Waals surface area contributed by atoms with Crippen LogP contribution in [0, 0.1) is 12.3 Å². The second kappa shape index (κ2) is 6.82. The highest BCUT2D eigenvalue weighted by atomic mass is 32.1. The lowest BCUT2D eigenvalue weighted by Gasteiger charge is -2.38. The lowest BCUT2D eigenvalue weighted by Crippen LogP contribution is -2.46. The van der Waals surface area contributed by atoms with E-state index < -0.39 is 0 Å². The predicted octanol–water partition coefficient (Wildman–Crippen LogP) is 3.27. The van der Waals surface area contributed by atoms with Crippen molar-refractivity contribution in [2.75, 3.05) is 19.6 Å². The molecule has 0 spiro atoms. The van der Waals surface area contributed by atoms with Crippen molar-refractivity contribution < 1.29 is 0 Å². The molecule has 1 aromatic heterocycles. The average molecular weight is 281 g/mol. The van der Waals surface area contributed by atoms with E-state index in [4.69, 9.17) is 0 Å². The van der Waals surface area contributed by atoms with Crippen molar-refractivity contribution >= 4 is 11.3 Å². The number of piperidine rings is 1. The first kappa shape index (κ1) is 14.9. The smallest absolute Gasteiger partial charge is 0.110 e. The van der Waals surface area contributed by atoms with Crippen molar-refractivity contribution in [3.8, 4) is 0 Å². The topological polar surface area (TPSA) is 37.0 Å². The molecule has 108 valence electrons. The summed E-state index contributed by atoms with van der Waals surface area (Å²) < 4.78 is 0. The summed E-state index contributed by atoms with van der Waals surface area (Å²) in [5.74, 6) is 0. The van der Waals surface area contributed by atoms with Gasteiger partial charge in [-0.15, -0.1) is 11.3 Å². The highest BCUT2D eigenvalue weighted by Gasteiger charge is 2.31. The van der Waals surface area contributed by atoms with Gasteiger partial charge in [0.1, 0.15) is 5.01 Å². The Labute approximate surface area is 121 Å². The van der Waals surface area contributed by atoms with Crippen molar-refractivity contribution in [1.82, 2.24) is 15.6 Å². The standard InChI is InChI=1S/C15H27N3S/c1-4-6-15(7-5-8-16-10-15)11-17-13(3)14-18-12(2)9-19-14/h9,13,16-17H,4-8,10-11H2,1-3H3. The summed E-state index contributed by atoms with van der Waals surface area (Å²) in [5.41, 5.74) is 1.59. The zero-order chi connectivity index (χ0) is 13.7. The fourth-order valence-corrected chi connectivity index (χ4v) is 3.87. The number of hydrogen-bond acceptors (Lipinski definition) is 4. The van der Waals surface area contributed by atoms with E-state index in [0.717, 1.165) is 18.8 Å². The van der Waals surface area contributed by atoms with Gasteiger partial charge in [0.25, 0.3) is 0 Å². The first-order chi connectivity index (χ1) is 9.15. The maximum Gasteiger partial charge on any atom is 0.110 e. The summed E-state index contributed by atoms with van der Waals surface area (Å²) >= 11 is 1.77. The number of nitrogens with one attached hydrogen (secondary N) is 2. The molecule has 2 unspecified atom stereocenters. The number of aromatic nitrogens is 1. The van der Waals surface area contributed by atoms with Crippen molar-refractivity contribution in [3.63, 3.8) is 0 Å². The third-order valence-corrected chi connectivity index (χ3v) is 5.28. The second-order valence-corrected chi connectivity index (χ2v) is 6.85. The van der Waals surface area contributed by atoms with Crippen LogP contribution in [0.4, 0.5) is 0 Å². The van der Waals surface area contributed by atoms with E-state index >= 15 is 0 Å². The van der Waals surface area contributed by atoms with E-state index in [1.165, 1.54) is 37.2 Å². The van der Waals surface area contributed by atoms with Crippen LogP contribution in [-0.2, 0) is 0 Å².